The first-order chi connectivity index (χ1) is 11.7. The average molecular weight is 361 g/mol. The number of hydrogen-bond donors (Lipinski definition) is 0. The van der Waals surface area contributed by atoms with Crippen LogP contribution >= 0.6 is 11.6 Å². The molecule has 0 aliphatic carbocycles. The first-order valence-electron chi connectivity index (χ1n) is 8.92. The number of hydrogen-bond acceptors (Lipinski definition) is 1. The second-order valence-corrected chi connectivity index (χ2v) is 8.07. The third-order valence-electron chi connectivity index (χ3n) is 4.58. The van der Waals surface area contributed by atoms with E-state index in [-0.39, 0.29) is 17.4 Å². The van der Waals surface area contributed by atoms with Gasteiger partial charge in [-0.2, -0.15) is 0 Å². The van der Waals surface area contributed by atoms with Crippen molar-refractivity contribution < 1.29 is 4.79 Å². The van der Waals surface area contributed by atoms with E-state index in [0.29, 0.717) is 13.1 Å². The molecule has 2 aromatic rings. The lowest BCUT2D eigenvalue weighted by Crippen LogP contribution is -2.44. The number of halogens is 1. The molecular formula is C21H29ClN2O. The molecule has 0 bridgehead atoms. The molecule has 0 N–H and O–H groups in total. The molecule has 0 saturated heterocycles. The number of nitrogens with zero attached hydrogens (tertiary/aromatic N) is 2. The summed E-state index contributed by atoms with van der Waals surface area (Å²) in [6, 6.07) is 12.2. The quantitative estimate of drug-likeness (QED) is 0.680. The maximum absolute atomic E-state index is 12.9. The van der Waals surface area contributed by atoms with Crippen LogP contribution in [0.1, 0.15) is 52.3 Å². The van der Waals surface area contributed by atoms with E-state index < -0.39 is 0 Å². The van der Waals surface area contributed by atoms with Crippen molar-refractivity contribution in [3.8, 4) is 0 Å². The number of carbonyl (C=O) groups is 1. The van der Waals surface area contributed by atoms with Gasteiger partial charge in [0.15, 0.2) is 0 Å². The van der Waals surface area contributed by atoms with E-state index in [2.05, 4.69) is 30.7 Å². The van der Waals surface area contributed by atoms with Crippen molar-refractivity contribution in [1.82, 2.24) is 9.47 Å². The van der Waals surface area contributed by atoms with Crippen molar-refractivity contribution in [2.45, 2.75) is 60.2 Å². The van der Waals surface area contributed by atoms with Crippen molar-refractivity contribution in [3.05, 3.63) is 58.9 Å². The minimum Gasteiger partial charge on any atom is -0.345 e. The topological polar surface area (TPSA) is 25.2 Å². The number of rotatable bonds is 6. The SMILES string of the molecule is CCC(C)N(Cc1cccn1Cc1ccccc1Cl)C(=O)C(C)(C)C. The highest BCUT2D eigenvalue weighted by Crippen LogP contribution is 2.23. The van der Waals surface area contributed by atoms with Crippen LogP contribution in [-0.2, 0) is 17.9 Å². The van der Waals surface area contributed by atoms with Crippen molar-refractivity contribution >= 4 is 17.5 Å². The van der Waals surface area contributed by atoms with Crippen LogP contribution in [0.3, 0.4) is 0 Å². The molecule has 0 aliphatic heterocycles. The average Bonchev–Trinajstić information content (AvgIpc) is 2.99. The molecule has 2 rings (SSSR count). The Morgan fingerprint density at radius 3 is 2.48 bits per heavy atom. The Morgan fingerprint density at radius 1 is 1.20 bits per heavy atom. The van der Waals surface area contributed by atoms with Crippen LogP contribution in [0.25, 0.3) is 0 Å². The Labute approximate surface area is 156 Å². The fraction of sp³-hybridized carbons (Fsp3) is 0.476. The van der Waals surface area contributed by atoms with Crippen LogP contribution in [0.15, 0.2) is 42.6 Å². The van der Waals surface area contributed by atoms with Gasteiger partial charge in [0, 0.05) is 34.9 Å². The highest BCUT2D eigenvalue weighted by molar-refractivity contribution is 6.31. The summed E-state index contributed by atoms with van der Waals surface area (Å²) in [4.78, 5) is 14.9. The second kappa shape index (κ2) is 8.09. The molecule has 1 atom stereocenters. The molecule has 1 amide bonds. The van der Waals surface area contributed by atoms with Gasteiger partial charge in [-0.05, 0) is 37.1 Å². The van der Waals surface area contributed by atoms with Crippen LogP contribution in [-0.4, -0.2) is 21.4 Å². The Morgan fingerprint density at radius 2 is 1.88 bits per heavy atom. The summed E-state index contributed by atoms with van der Waals surface area (Å²) >= 11 is 6.30. The Hall–Kier alpha value is -1.74. The predicted molar refractivity (Wildman–Crippen MR) is 105 cm³/mol. The maximum atomic E-state index is 12.9. The first kappa shape index (κ1) is 19.6. The Balaban J connectivity index is 2.25. The number of amides is 1. The molecule has 0 spiro atoms. The van der Waals surface area contributed by atoms with Gasteiger partial charge in [-0.1, -0.05) is 57.5 Å². The molecule has 136 valence electrons. The Bertz CT molecular complexity index is 715. The first-order valence-corrected chi connectivity index (χ1v) is 9.30. The minimum atomic E-state index is -0.385. The van der Waals surface area contributed by atoms with Crippen LogP contribution in [0.5, 0.6) is 0 Å². The van der Waals surface area contributed by atoms with Gasteiger partial charge in [0.05, 0.1) is 6.54 Å². The largest absolute Gasteiger partial charge is 0.345 e. The summed E-state index contributed by atoms with van der Waals surface area (Å²) in [6.07, 6.45) is 2.99. The van der Waals surface area contributed by atoms with Gasteiger partial charge < -0.3 is 9.47 Å². The highest BCUT2D eigenvalue weighted by Gasteiger charge is 2.30. The zero-order valence-electron chi connectivity index (χ0n) is 15.9. The lowest BCUT2D eigenvalue weighted by molar-refractivity contribution is -0.142. The van der Waals surface area contributed by atoms with Crippen molar-refractivity contribution in [2.75, 3.05) is 0 Å². The molecule has 0 radical (unpaired) electrons. The summed E-state index contributed by atoms with van der Waals surface area (Å²) in [7, 11) is 0. The van der Waals surface area contributed by atoms with Crippen LogP contribution in [0, 0.1) is 5.41 Å². The molecule has 1 unspecified atom stereocenters. The fourth-order valence-corrected chi connectivity index (χ4v) is 3.01. The molecule has 0 saturated carbocycles. The second-order valence-electron chi connectivity index (χ2n) is 7.66. The lowest BCUT2D eigenvalue weighted by atomic mass is 9.93. The monoisotopic (exact) mass is 360 g/mol. The summed E-state index contributed by atoms with van der Waals surface area (Å²) in [5, 5.41) is 0.770. The standard InChI is InChI=1S/C21H29ClN2O/c1-6-16(2)24(20(25)21(3,4)5)15-18-11-9-13-23(18)14-17-10-7-8-12-19(17)22/h7-13,16H,6,14-15H2,1-5H3. The molecule has 3 nitrogen and oxygen atoms in total. The molecule has 1 heterocycles. The van der Waals surface area contributed by atoms with Crippen LogP contribution in [0.2, 0.25) is 5.02 Å². The Kier molecular flexibility index (Phi) is 6.34. The van der Waals surface area contributed by atoms with Gasteiger partial charge >= 0.3 is 0 Å². The fourth-order valence-electron chi connectivity index (χ4n) is 2.81. The molecular weight excluding hydrogens is 332 g/mol. The van der Waals surface area contributed by atoms with E-state index in [4.69, 9.17) is 11.6 Å². The summed E-state index contributed by atoms with van der Waals surface area (Å²) in [6.45, 7) is 11.5. The number of aromatic nitrogens is 1. The van der Waals surface area contributed by atoms with Gasteiger partial charge in [-0.25, -0.2) is 0 Å². The number of benzene rings is 1. The molecule has 25 heavy (non-hydrogen) atoms. The van der Waals surface area contributed by atoms with Crippen LogP contribution < -0.4 is 0 Å². The van der Waals surface area contributed by atoms with E-state index in [1.54, 1.807) is 0 Å². The zero-order chi connectivity index (χ0) is 18.6. The molecule has 0 fully saturated rings. The van der Waals surface area contributed by atoms with E-state index in [1.807, 2.05) is 56.0 Å². The van der Waals surface area contributed by atoms with Crippen LogP contribution in [0.4, 0.5) is 0 Å². The minimum absolute atomic E-state index is 0.187. The predicted octanol–water partition coefficient (Wildman–Crippen LogP) is 5.36. The summed E-state index contributed by atoms with van der Waals surface area (Å²) in [5.74, 6) is 0.187. The van der Waals surface area contributed by atoms with E-state index in [9.17, 15) is 4.79 Å². The lowest BCUT2D eigenvalue weighted by Gasteiger charge is -2.34. The smallest absolute Gasteiger partial charge is 0.228 e. The van der Waals surface area contributed by atoms with Gasteiger partial charge in [0.2, 0.25) is 5.91 Å². The summed E-state index contributed by atoms with van der Waals surface area (Å²) < 4.78 is 2.17. The third-order valence-corrected chi connectivity index (χ3v) is 4.95. The van der Waals surface area contributed by atoms with E-state index in [0.717, 1.165) is 22.7 Å². The van der Waals surface area contributed by atoms with Gasteiger partial charge in [0.25, 0.3) is 0 Å². The molecule has 1 aromatic heterocycles. The van der Waals surface area contributed by atoms with Gasteiger partial charge in [-0.15, -0.1) is 0 Å². The summed E-state index contributed by atoms with van der Waals surface area (Å²) in [5.41, 5.74) is 1.82. The number of carbonyl (C=O) groups excluding carboxylic acids is 1. The van der Waals surface area contributed by atoms with Crippen molar-refractivity contribution in [3.63, 3.8) is 0 Å². The maximum Gasteiger partial charge on any atom is 0.228 e. The molecule has 0 aliphatic rings. The normalized spacial score (nSPS) is 12.9. The van der Waals surface area contributed by atoms with Gasteiger partial charge in [0.1, 0.15) is 0 Å². The third kappa shape index (κ3) is 4.88. The van der Waals surface area contributed by atoms with Crippen molar-refractivity contribution in [1.29, 1.82) is 0 Å². The van der Waals surface area contributed by atoms with Gasteiger partial charge in [-0.3, -0.25) is 4.79 Å². The zero-order valence-corrected chi connectivity index (χ0v) is 16.7. The van der Waals surface area contributed by atoms with E-state index >= 15 is 0 Å². The van der Waals surface area contributed by atoms with E-state index in [1.165, 1.54) is 0 Å². The molecule has 1 aromatic carbocycles. The highest BCUT2D eigenvalue weighted by atomic mass is 35.5. The van der Waals surface area contributed by atoms with Crippen molar-refractivity contribution in [2.24, 2.45) is 5.41 Å². The molecule has 4 heteroatoms.